The van der Waals surface area contributed by atoms with E-state index < -0.39 is 5.97 Å². The number of carbonyl (C=O) groups excluding carboxylic acids is 3. The highest BCUT2D eigenvalue weighted by Gasteiger charge is 2.09. The average Bonchev–Trinajstić information content (AvgIpc) is 2.82. The van der Waals surface area contributed by atoms with E-state index in [-0.39, 0.29) is 11.8 Å². The zero-order valence-corrected chi connectivity index (χ0v) is 18.4. The number of anilines is 1. The van der Waals surface area contributed by atoms with Crippen LogP contribution in [0, 0.1) is 0 Å². The maximum atomic E-state index is 12.4. The van der Waals surface area contributed by atoms with Crippen molar-refractivity contribution >= 4 is 23.5 Å². The summed E-state index contributed by atoms with van der Waals surface area (Å²) < 4.78 is 10.6. The molecular formula is C26H26N2O5. The van der Waals surface area contributed by atoms with Crippen molar-refractivity contribution in [3.05, 3.63) is 90.0 Å². The fourth-order valence-corrected chi connectivity index (χ4v) is 3.00. The summed E-state index contributed by atoms with van der Waals surface area (Å²) in [4.78, 5) is 35.6. The third-order valence-corrected chi connectivity index (χ3v) is 4.62. The number of nitrogens with one attached hydrogen (secondary N) is 2. The van der Waals surface area contributed by atoms with Crippen LogP contribution in [-0.4, -0.2) is 24.4 Å². The Morgan fingerprint density at radius 2 is 1.58 bits per heavy atom. The molecule has 0 bridgehead atoms. The molecule has 3 aromatic carbocycles. The molecule has 0 unspecified atom stereocenters. The Morgan fingerprint density at radius 3 is 2.30 bits per heavy atom. The maximum absolute atomic E-state index is 12.4. The summed E-state index contributed by atoms with van der Waals surface area (Å²) in [6, 6.07) is 23.1. The normalized spacial score (nSPS) is 10.2. The van der Waals surface area contributed by atoms with Crippen LogP contribution in [0.25, 0.3) is 0 Å². The molecule has 2 N–H and O–H groups in total. The number of carbonyl (C=O) groups is 3. The van der Waals surface area contributed by atoms with E-state index in [0.29, 0.717) is 43.0 Å². The summed E-state index contributed by atoms with van der Waals surface area (Å²) in [5, 5.41) is 5.68. The largest absolute Gasteiger partial charge is 0.494 e. The van der Waals surface area contributed by atoms with Gasteiger partial charge in [0, 0.05) is 31.1 Å². The van der Waals surface area contributed by atoms with Crippen molar-refractivity contribution in [3.63, 3.8) is 0 Å². The molecule has 170 valence electrons. The number of hydrogen-bond donors (Lipinski definition) is 2. The first-order chi connectivity index (χ1) is 16.0. The molecule has 0 aliphatic heterocycles. The molecule has 0 radical (unpaired) electrons. The van der Waals surface area contributed by atoms with Gasteiger partial charge < -0.3 is 20.1 Å². The lowest BCUT2D eigenvalue weighted by atomic mass is 10.1. The molecular weight excluding hydrogens is 420 g/mol. The molecule has 2 amide bonds. The third-order valence-electron chi connectivity index (χ3n) is 4.62. The van der Waals surface area contributed by atoms with E-state index in [1.54, 1.807) is 30.3 Å². The minimum absolute atomic E-state index is 0.0447. The smallest absolute Gasteiger partial charge is 0.308 e. The van der Waals surface area contributed by atoms with E-state index in [1.807, 2.05) is 42.5 Å². The number of rotatable bonds is 10. The summed E-state index contributed by atoms with van der Waals surface area (Å²) >= 11 is 0. The SMILES string of the molecule is CC(=O)Oc1cccc(C(=O)Nc2ccc(CNC(=O)CCCOc3ccccc3)cc2)c1. The Hall–Kier alpha value is -4.13. The zero-order valence-electron chi connectivity index (χ0n) is 18.4. The molecule has 0 atom stereocenters. The van der Waals surface area contributed by atoms with Crippen LogP contribution in [0.3, 0.4) is 0 Å². The molecule has 33 heavy (non-hydrogen) atoms. The average molecular weight is 447 g/mol. The molecule has 3 aromatic rings. The molecule has 0 spiro atoms. The van der Waals surface area contributed by atoms with Crippen molar-refractivity contribution in [1.29, 1.82) is 0 Å². The second-order valence-corrected chi connectivity index (χ2v) is 7.31. The number of para-hydroxylation sites is 1. The van der Waals surface area contributed by atoms with E-state index >= 15 is 0 Å². The molecule has 7 nitrogen and oxygen atoms in total. The molecule has 0 saturated heterocycles. The predicted molar refractivity (Wildman–Crippen MR) is 125 cm³/mol. The monoisotopic (exact) mass is 446 g/mol. The van der Waals surface area contributed by atoms with Crippen molar-refractivity contribution in [2.75, 3.05) is 11.9 Å². The van der Waals surface area contributed by atoms with E-state index in [2.05, 4.69) is 10.6 Å². The van der Waals surface area contributed by atoms with Gasteiger partial charge in [-0.25, -0.2) is 0 Å². The lowest BCUT2D eigenvalue weighted by Gasteiger charge is -2.09. The third kappa shape index (κ3) is 8.14. The molecule has 0 aliphatic rings. The fraction of sp³-hybridized carbons (Fsp3) is 0.192. The lowest BCUT2D eigenvalue weighted by Crippen LogP contribution is -2.23. The van der Waals surface area contributed by atoms with Gasteiger partial charge in [0.05, 0.1) is 6.61 Å². The van der Waals surface area contributed by atoms with Crippen LogP contribution in [0.5, 0.6) is 11.5 Å². The van der Waals surface area contributed by atoms with Gasteiger partial charge in [0.1, 0.15) is 11.5 Å². The van der Waals surface area contributed by atoms with Crippen molar-refractivity contribution < 1.29 is 23.9 Å². The van der Waals surface area contributed by atoms with Gasteiger partial charge in [-0.1, -0.05) is 36.4 Å². The Bertz CT molecular complexity index is 1080. The van der Waals surface area contributed by atoms with Gasteiger partial charge >= 0.3 is 5.97 Å². The predicted octanol–water partition coefficient (Wildman–Crippen LogP) is 4.34. The first kappa shape index (κ1) is 23.5. The van der Waals surface area contributed by atoms with Crippen LogP contribution in [0.1, 0.15) is 35.7 Å². The van der Waals surface area contributed by atoms with Gasteiger partial charge in [-0.15, -0.1) is 0 Å². The maximum Gasteiger partial charge on any atom is 0.308 e. The van der Waals surface area contributed by atoms with E-state index in [9.17, 15) is 14.4 Å². The highest BCUT2D eigenvalue weighted by Crippen LogP contribution is 2.16. The first-order valence-electron chi connectivity index (χ1n) is 10.6. The van der Waals surface area contributed by atoms with E-state index in [4.69, 9.17) is 9.47 Å². The Morgan fingerprint density at radius 1 is 0.848 bits per heavy atom. The highest BCUT2D eigenvalue weighted by molar-refractivity contribution is 6.04. The molecule has 7 heteroatoms. The van der Waals surface area contributed by atoms with Crippen LogP contribution in [-0.2, 0) is 16.1 Å². The number of ether oxygens (including phenoxy) is 2. The van der Waals surface area contributed by atoms with Crippen LogP contribution in [0.4, 0.5) is 5.69 Å². The summed E-state index contributed by atoms with van der Waals surface area (Å²) in [7, 11) is 0. The van der Waals surface area contributed by atoms with Gasteiger partial charge in [-0.2, -0.15) is 0 Å². The van der Waals surface area contributed by atoms with Gasteiger partial charge in [-0.3, -0.25) is 14.4 Å². The summed E-state index contributed by atoms with van der Waals surface area (Å²) in [5.74, 6) is 0.297. The minimum atomic E-state index is -0.448. The van der Waals surface area contributed by atoms with Crippen molar-refractivity contribution in [3.8, 4) is 11.5 Å². The quantitative estimate of drug-likeness (QED) is 0.275. The Labute approximate surface area is 192 Å². The van der Waals surface area contributed by atoms with Crippen molar-refractivity contribution in [2.45, 2.75) is 26.3 Å². The van der Waals surface area contributed by atoms with Crippen LogP contribution < -0.4 is 20.1 Å². The number of amides is 2. The topological polar surface area (TPSA) is 93.7 Å². The van der Waals surface area contributed by atoms with Crippen LogP contribution in [0.15, 0.2) is 78.9 Å². The van der Waals surface area contributed by atoms with Gasteiger partial charge in [0.15, 0.2) is 0 Å². The van der Waals surface area contributed by atoms with Gasteiger partial charge in [0.2, 0.25) is 5.91 Å². The Balaban J connectivity index is 1.40. The second kappa shape index (κ2) is 12.0. The molecule has 0 aromatic heterocycles. The van der Waals surface area contributed by atoms with Crippen molar-refractivity contribution in [1.82, 2.24) is 5.32 Å². The lowest BCUT2D eigenvalue weighted by molar-refractivity contribution is -0.131. The number of hydrogen-bond acceptors (Lipinski definition) is 5. The van der Waals surface area contributed by atoms with E-state index in [0.717, 1.165) is 11.3 Å². The van der Waals surface area contributed by atoms with E-state index in [1.165, 1.54) is 13.0 Å². The summed E-state index contributed by atoms with van der Waals surface area (Å²) in [5.41, 5.74) is 1.91. The van der Waals surface area contributed by atoms with Crippen LogP contribution >= 0.6 is 0 Å². The minimum Gasteiger partial charge on any atom is -0.494 e. The number of esters is 1. The first-order valence-corrected chi connectivity index (χ1v) is 10.6. The zero-order chi connectivity index (χ0) is 23.5. The standard InChI is InChI=1S/C26H26N2O5/c1-19(29)33-24-10-5-7-21(17-24)26(31)28-22-14-12-20(13-15-22)18-27-25(30)11-6-16-32-23-8-3-2-4-9-23/h2-5,7-10,12-15,17H,6,11,16,18H2,1H3,(H,27,30)(H,28,31). The molecule has 3 rings (SSSR count). The Kier molecular flexibility index (Phi) is 8.59. The van der Waals surface area contributed by atoms with Gasteiger partial charge in [-0.05, 0) is 54.4 Å². The molecule has 0 saturated carbocycles. The molecule has 0 aliphatic carbocycles. The molecule has 0 heterocycles. The van der Waals surface area contributed by atoms with Crippen molar-refractivity contribution in [2.24, 2.45) is 0 Å². The second-order valence-electron chi connectivity index (χ2n) is 7.31. The summed E-state index contributed by atoms with van der Waals surface area (Å²) in [6.45, 7) is 2.18. The summed E-state index contributed by atoms with van der Waals surface area (Å²) in [6.07, 6.45) is 1.01. The van der Waals surface area contributed by atoms with Crippen LogP contribution in [0.2, 0.25) is 0 Å². The number of benzene rings is 3. The van der Waals surface area contributed by atoms with Gasteiger partial charge in [0.25, 0.3) is 5.91 Å². The molecule has 0 fully saturated rings. The fourth-order valence-electron chi connectivity index (χ4n) is 3.00. The highest BCUT2D eigenvalue weighted by atomic mass is 16.5.